The van der Waals surface area contributed by atoms with E-state index in [4.69, 9.17) is 4.84 Å². The first kappa shape index (κ1) is 21.3. The first-order valence-corrected chi connectivity index (χ1v) is 9.85. The number of aromatic nitrogens is 1. The molecule has 0 aliphatic rings. The van der Waals surface area contributed by atoms with E-state index in [-0.39, 0.29) is 17.7 Å². The largest absolute Gasteiger partial charge is 0.391 e. The number of aryl methyl sites for hydroxylation is 1. The summed E-state index contributed by atoms with van der Waals surface area (Å²) in [7, 11) is 0. The number of oxime groups is 1. The number of rotatable bonds is 6. The highest BCUT2D eigenvalue weighted by Crippen LogP contribution is 2.25. The number of nitrogens with zero attached hydrogens (tertiary/aromatic N) is 3. The van der Waals surface area contributed by atoms with Gasteiger partial charge in [-0.2, -0.15) is 0 Å². The lowest BCUT2D eigenvalue weighted by atomic mass is 9.87. The summed E-state index contributed by atoms with van der Waals surface area (Å²) in [6, 6.07) is 17.0. The molecule has 0 amide bonds. The van der Waals surface area contributed by atoms with Crippen LogP contribution in [0.5, 0.6) is 0 Å². The molecule has 0 fully saturated rings. The van der Waals surface area contributed by atoms with Crippen LogP contribution in [0.2, 0.25) is 0 Å². The van der Waals surface area contributed by atoms with Crippen molar-refractivity contribution in [3.63, 3.8) is 0 Å². The molecule has 2 aromatic carbocycles. The molecule has 30 heavy (non-hydrogen) atoms. The molecular weight excluding hydrogens is 378 g/mol. The molecule has 0 unspecified atom stereocenters. The van der Waals surface area contributed by atoms with Crippen molar-refractivity contribution < 1.29 is 9.76 Å². The molecule has 6 heteroatoms. The topological polar surface area (TPSA) is 69.7 Å². The molecule has 0 spiro atoms. The first-order chi connectivity index (χ1) is 14.2. The summed E-state index contributed by atoms with van der Waals surface area (Å²) in [5.41, 5.74) is 6.40. The highest BCUT2D eigenvalue weighted by molar-refractivity contribution is 5.81. The Hall–Kier alpha value is -3.41. The Bertz CT molecular complexity index is 1070. The predicted octanol–water partition coefficient (Wildman–Crippen LogP) is 5.85. The van der Waals surface area contributed by atoms with Crippen LogP contribution < -0.4 is 0 Å². The Morgan fingerprint density at radius 2 is 1.80 bits per heavy atom. The molecule has 1 aromatic heterocycles. The van der Waals surface area contributed by atoms with Crippen molar-refractivity contribution in [2.75, 3.05) is 0 Å². The summed E-state index contributed by atoms with van der Waals surface area (Å²) in [6.45, 7) is 10.9. The Balaban J connectivity index is 1.72. The molecule has 6 nitrogen and oxygen atoms in total. The molecule has 3 aromatic rings. The Labute approximate surface area is 177 Å². The molecule has 1 heterocycles. The normalized spacial score (nSPS) is 11.8. The molecule has 0 atom stereocenters. The fourth-order valence-corrected chi connectivity index (χ4v) is 3.39. The van der Waals surface area contributed by atoms with Crippen molar-refractivity contribution in [1.82, 2.24) is 4.57 Å². The second kappa shape index (κ2) is 8.53. The molecule has 0 bridgehead atoms. The third-order valence-corrected chi connectivity index (χ3v) is 5.08. The zero-order chi connectivity index (χ0) is 21.9. The maximum absolute atomic E-state index is 10.9. The van der Waals surface area contributed by atoms with Gasteiger partial charge in [-0.3, -0.25) is 10.1 Å². The van der Waals surface area contributed by atoms with E-state index in [1.807, 2.05) is 6.92 Å². The third kappa shape index (κ3) is 4.76. The quantitative estimate of drug-likeness (QED) is 0.293. The molecule has 3 rings (SSSR count). The van der Waals surface area contributed by atoms with Crippen LogP contribution in [0.15, 0.2) is 59.8 Å². The van der Waals surface area contributed by atoms with E-state index in [1.54, 1.807) is 18.3 Å². The fraction of sp³-hybridized carbons (Fsp3) is 0.292. The number of benzene rings is 2. The van der Waals surface area contributed by atoms with Crippen molar-refractivity contribution in [2.45, 2.75) is 46.6 Å². The van der Waals surface area contributed by atoms with E-state index in [9.17, 15) is 10.1 Å². The van der Waals surface area contributed by atoms with Gasteiger partial charge in [-0.15, -0.1) is 0 Å². The van der Waals surface area contributed by atoms with E-state index in [1.165, 1.54) is 17.7 Å². The molecule has 0 N–H and O–H groups in total. The van der Waals surface area contributed by atoms with Gasteiger partial charge in [-0.25, -0.2) is 0 Å². The summed E-state index contributed by atoms with van der Waals surface area (Å²) in [5.74, 6) is 0. The Morgan fingerprint density at radius 1 is 1.10 bits per heavy atom. The second-order valence-electron chi connectivity index (χ2n) is 8.39. The van der Waals surface area contributed by atoms with Crippen LogP contribution in [-0.2, 0) is 16.9 Å². The number of non-ortho nitro benzene ring substituents is 1. The van der Waals surface area contributed by atoms with Gasteiger partial charge in [0.25, 0.3) is 5.69 Å². The highest BCUT2D eigenvalue weighted by atomic mass is 16.6. The van der Waals surface area contributed by atoms with Crippen LogP contribution in [0, 0.1) is 24.0 Å². The third-order valence-electron chi connectivity index (χ3n) is 5.08. The lowest BCUT2D eigenvalue weighted by molar-refractivity contribution is -0.384. The fourth-order valence-electron chi connectivity index (χ4n) is 3.39. The summed E-state index contributed by atoms with van der Waals surface area (Å²) >= 11 is 0. The van der Waals surface area contributed by atoms with Crippen molar-refractivity contribution in [3.05, 3.63) is 92.8 Å². The van der Waals surface area contributed by atoms with Gasteiger partial charge < -0.3 is 9.40 Å². The van der Waals surface area contributed by atoms with Gasteiger partial charge in [-0.1, -0.05) is 50.2 Å². The Morgan fingerprint density at radius 3 is 2.43 bits per heavy atom. The highest BCUT2D eigenvalue weighted by Gasteiger charge is 2.14. The summed E-state index contributed by atoms with van der Waals surface area (Å²) in [6.07, 6.45) is 1.68. The van der Waals surface area contributed by atoms with Gasteiger partial charge in [0.05, 0.1) is 11.1 Å². The van der Waals surface area contributed by atoms with E-state index >= 15 is 0 Å². The van der Waals surface area contributed by atoms with Crippen molar-refractivity contribution >= 4 is 11.9 Å². The number of nitro benzene ring substituents is 1. The van der Waals surface area contributed by atoms with E-state index in [0.717, 1.165) is 22.6 Å². The standard InChI is InChI=1S/C24H27N3O3/c1-17-13-20(15-25-30-16-19-7-6-8-23(14-19)27(28)29)18(2)26(17)22-11-9-21(10-12-22)24(3,4)5/h6-15H,16H2,1-5H3/b25-15-. The summed E-state index contributed by atoms with van der Waals surface area (Å²) < 4.78 is 2.19. The number of hydrogen-bond donors (Lipinski definition) is 0. The predicted molar refractivity (Wildman–Crippen MR) is 119 cm³/mol. The van der Waals surface area contributed by atoms with Gasteiger partial charge in [-0.05, 0) is 48.6 Å². The average Bonchev–Trinajstić information content (AvgIpc) is 2.98. The van der Waals surface area contributed by atoms with Crippen molar-refractivity contribution in [1.29, 1.82) is 0 Å². The molecule has 0 radical (unpaired) electrons. The zero-order valence-corrected chi connectivity index (χ0v) is 18.0. The molecule has 0 aliphatic heterocycles. The van der Waals surface area contributed by atoms with Gasteiger partial charge in [0, 0.05) is 34.8 Å². The number of hydrogen-bond acceptors (Lipinski definition) is 4. The van der Waals surface area contributed by atoms with Crippen LogP contribution in [0.25, 0.3) is 5.69 Å². The smallest absolute Gasteiger partial charge is 0.269 e. The van der Waals surface area contributed by atoms with Gasteiger partial charge in [0.1, 0.15) is 6.61 Å². The van der Waals surface area contributed by atoms with Gasteiger partial charge >= 0.3 is 0 Å². The maximum Gasteiger partial charge on any atom is 0.269 e. The maximum atomic E-state index is 10.9. The minimum Gasteiger partial charge on any atom is -0.391 e. The zero-order valence-electron chi connectivity index (χ0n) is 18.0. The minimum absolute atomic E-state index is 0.0427. The lowest BCUT2D eigenvalue weighted by Crippen LogP contribution is -2.11. The van der Waals surface area contributed by atoms with Crippen LogP contribution in [-0.4, -0.2) is 15.7 Å². The van der Waals surface area contributed by atoms with E-state index < -0.39 is 4.92 Å². The average molecular weight is 405 g/mol. The summed E-state index contributed by atoms with van der Waals surface area (Å²) in [4.78, 5) is 15.8. The molecular formula is C24H27N3O3. The van der Waals surface area contributed by atoms with Gasteiger partial charge in [0.15, 0.2) is 0 Å². The van der Waals surface area contributed by atoms with E-state index in [2.05, 4.69) is 67.7 Å². The van der Waals surface area contributed by atoms with Crippen LogP contribution in [0.4, 0.5) is 5.69 Å². The van der Waals surface area contributed by atoms with Crippen molar-refractivity contribution in [3.8, 4) is 5.69 Å². The SMILES string of the molecule is Cc1cc(/C=N\OCc2cccc([N+](=O)[O-])c2)c(C)n1-c1ccc(C(C)(C)C)cc1. The molecule has 0 saturated heterocycles. The number of nitro groups is 1. The lowest BCUT2D eigenvalue weighted by Gasteiger charge is -2.20. The van der Waals surface area contributed by atoms with Crippen molar-refractivity contribution in [2.24, 2.45) is 5.16 Å². The van der Waals surface area contributed by atoms with Crippen LogP contribution in [0.3, 0.4) is 0 Å². The molecule has 0 saturated carbocycles. The van der Waals surface area contributed by atoms with E-state index in [0.29, 0.717) is 5.56 Å². The minimum atomic E-state index is -0.421. The summed E-state index contributed by atoms with van der Waals surface area (Å²) in [5, 5.41) is 14.9. The Kier molecular flexibility index (Phi) is 6.06. The molecule has 156 valence electrons. The monoisotopic (exact) mass is 405 g/mol. The van der Waals surface area contributed by atoms with Crippen LogP contribution in [0.1, 0.15) is 48.8 Å². The van der Waals surface area contributed by atoms with Crippen LogP contribution >= 0.6 is 0 Å². The van der Waals surface area contributed by atoms with Gasteiger partial charge in [0.2, 0.25) is 0 Å². The second-order valence-corrected chi connectivity index (χ2v) is 8.39. The first-order valence-electron chi connectivity index (χ1n) is 9.85. The molecule has 0 aliphatic carbocycles.